The van der Waals surface area contributed by atoms with Gasteiger partial charge in [0.25, 0.3) is 0 Å². The van der Waals surface area contributed by atoms with Crippen molar-refractivity contribution in [2.45, 2.75) is 52.4 Å². The Labute approximate surface area is 132 Å². The number of hydrogen-bond donors (Lipinski definition) is 1. The first-order valence-corrected chi connectivity index (χ1v) is 8.25. The Morgan fingerprint density at radius 2 is 2.18 bits per heavy atom. The summed E-state index contributed by atoms with van der Waals surface area (Å²) < 4.78 is 0. The molecule has 1 aromatic carbocycles. The third-order valence-electron chi connectivity index (χ3n) is 5.28. The molecule has 0 aliphatic heterocycles. The summed E-state index contributed by atoms with van der Waals surface area (Å²) in [6.07, 6.45) is 6.82. The van der Waals surface area contributed by atoms with E-state index >= 15 is 0 Å². The van der Waals surface area contributed by atoms with E-state index in [1.165, 1.54) is 41.5 Å². The summed E-state index contributed by atoms with van der Waals surface area (Å²) in [5.74, 6) is 0.368. The number of rotatable bonds is 4. The Morgan fingerprint density at radius 1 is 1.36 bits per heavy atom. The molecule has 1 unspecified atom stereocenters. The van der Waals surface area contributed by atoms with Crippen LogP contribution in [0.1, 0.15) is 57.1 Å². The van der Waals surface area contributed by atoms with Gasteiger partial charge in [-0.25, -0.2) is 0 Å². The minimum absolute atomic E-state index is 0.225. The molecule has 3 heteroatoms. The number of allylic oxidation sites excluding steroid dienone is 2. The second-order valence-corrected chi connectivity index (χ2v) is 6.62. The standard InChI is InChI=1S/C19H25NO2/c1-4-5-9-19-10-8-17(20-22-3)13(2)18(19)16-7-6-15(21)11-14(16)12-19/h6-7,11,21H,4-5,8-10,12H2,1-3H3. The Kier molecular flexibility index (Phi) is 3.98. The third-order valence-corrected chi connectivity index (χ3v) is 5.28. The number of nitrogens with zero attached hydrogens (tertiary/aromatic N) is 1. The molecule has 0 bridgehead atoms. The maximum absolute atomic E-state index is 9.83. The highest BCUT2D eigenvalue weighted by atomic mass is 16.6. The molecule has 3 rings (SSSR count). The smallest absolute Gasteiger partial charge is 0.115 e. The van der Waals surface area contributed by atoms with Gasteiger partial charge < -0.3 is 9.94 Å². The van der Waals surface area contributed by atoms with E-state index in [1.807, 2.05) is 6.07 Å². The first kappa shape index (κ1) is 15.1. The number of phenols is 1. The number of phenolic OH excluding ortho intramolecular Hbond substituents is 1. The van der Waals surface area contributed by atoms with E-state index in [2.05, 4.69) is 25.1 Å². The fraction of sp³-hybridized carbons (Fsp3) is 0.526. The minimum Gasteiger partial charge on any atom is -0.508 e. The molecule has 0 radical (unpaired) electrons. The molecule has 1 atom stereocenters. The van der Waals surface area contributed by atoms with Crippen molar-refractivity contribution in [1.82, 2.24) is 0 Å². The average molecular weight is 299 g/mol. The van der Waals surface area contributed by atoms with Crippen molar-refractivity contribution in [3.63, 3.8) is 0 Å². The average Bonchev–Trinajstić information content (AvgIpc) is 2.82. The highest BCUT2D eigenvalue weighted by molar-refractivity contribution is 6.09. The van der Waals surface area contributed by atoms with Gasteiger partial charge in [0.2, 0.25) is 0 Å². The minimum atomic E-state index is 0.225. The van der Waals surface area contributed by atoms with Crippen molar-refractivity contribution in [2.75, 3.05) is 7.11 Å². The number of benzene rings is 1. The Morgan fingerprint density at radius 3 is 2.91 bits per heavy atom. The van der Waals surface area contributed by atoms with Gasteiger partial charge in [-0.2, -0.15) is 0 Å². The first-order chi connectivity index (χ1) is 10.6. The number of hydrogen-bond acceptors (Lipinski definition) is 3. The molecule has 0 aromatic heterocycles. The topological polar surface area (TPSA) is 41.8 Å². The lowest BCUT2D eigenvalue weighted by atomic mass is 9.67. The molecule has 1 N–H and O–H groups in total. The van der Waals surface area contributed by atoms with Crippen molar-refractivity contribution >= 4 is 11.3 Å². The number of fused-ring (bicyclic) bond motifs is 3. The van der Waals surface area contributed by atoms with Gasteiger partial charge in [-0.1, -0.05) is 31.0 Å². The van der Waals surface area contributed by atoms with Gasteiger partial charge >= 0.3 is 0 Å². The van der Waals surface area contributed by atoms with Crippen molar-refractivity contribution in [1.29, 1.82) is 0 Å². The fourth-order valence-corrected chi connectivity index (χ4v) is 4.29. The van der Waals surface area contributed by atoms with E-state index in [1.54, 1.807) is 13.2 Å². The number of aromatic hydroxyl groups is 1. The van der Waals surface area contributed by atoms with Crippen LogP contribution in [0.25, 0.3) is 5.57 Å². The maximum atomic E-state index is 9.83. The van der Waals surface area contributed by atoms with Crippen LogP contribution in [-0.4, -0.2) is 17.9 Å². The van der Waals surface area contributed by atoms with E-state index < -0.39 is 0 Å². The quantitative estimate of drug-likeness (QED) is 0.819. The summed E-state index contributed by atoms with van der Waals surface area (Å²) in [7, 11) is 1.62. The first-order valence-electron chi connectivity index (χ1n) is 8.25. The number of unbranched alkanes of at least 4 members (excludes halogenated alkanes) is 1. The SMILES string of the molecule is CCCCC12CCC(=NOC)C(C)=C1c1ccc(O)cc1C2. The third kappa shape index (κ3) is 2.33. The summed E-state index contributed by atoms with van der Waals surface area (Å²) in [5, 5.41) is 14.1. The van der Waals surface area contributed by atoms with Gasteiger partial charge in [0.05, 0.1) is 5.71 Å². The van der Waals surface area contributed by atoms with Crippen molar-refractivity contribution in [3.8, 4) is 5.75 Å². The Balaban J connectivity index is 2.14. The summed E-state index contributed by atoms with van der Waals surface area (Å²) in [4.78, 5) is 5.04. The fourth-order valence-electron chi connectivity index (χ4n) is 4.29. The van der Waals surface area contributed by atoms with Gasteiger partial charge in [0.1, 0.15) is 12.9 Å². The van der Waals surface area contributed by atoms with E-state index in [4.69, 9.17) is 4.84 Å². The van der Waals surface area contributed by atoms with Crippen molar-refractivity contribution in [3.05, 3.63) is 34.9 Å². The number of oxime groups is 1. The lowest BCUT2D eigenvalue weighted by Crippen LogP contribution is -2.28. The molecule has 118 valence electrons. The van der Waals surface area contributed by atoms with Crippen LogP contribution in [0.4, 0.5) is 0 Å². The normalized spacial score (nSPS) is 25.3. The summed E-state index contributed by atoms with van der Waals surface area (Å²) in [6.45, 7) is 4.43. The second kappa shape index (κ2) is 5.79. The molecular formula is C19H25NO2. The second-order valence-electron chi connectivity index (χ2n) is 6.62. The summed E-state index contributed by atoms with van der Waals surface area (Å²) >= 11 is 0. The van der Waals surface area contributed by atoms with Gasteiger partial charge in [0, 0.05) is 5.41 Å². The monoisotopic (exact) mass is 299 g/mol. The predicted octanol–water partition coefficient (Wildman–Crippen LogP) is 4.69. The zero-order chi connectivity index (χ0) is 15.7. The van der Waals surface area contributed by atoms with Crippen molar-refractivity contribution in [2.24, 2.45) is 10.6 Å². The predicted molar refractivity (Wildman–Crippen MR) is 90.0 cm³/mol. The largest absolute Gasteiger partial charge is 0.508 e. The molecule has 2 aliphatic carbocycles. The van der Waals surface area contributed by atoms with Crippen LogP contribution in [0.3, 0.4) is 0 Å². The lowest BCUT2D eigenvalue weighted by Gasteiger charge is -2.37. The molecular weight excluding hydrogens is 274 g/mol. The molecule has 0 saturated heterocycles. The van der Waals surface area contributed by atoms with E-state index in [-0.39, 0.29) is 5.41 Å². The Hall–Kier alpha value is -1.77. The van der Waals surface area contributed by atoms with Gasteiger partial charge in [-0.3, -0.25) is 0 Å². The zero-order valence-corrected chi connectivity index (χ0v) is 13.8. The van der Waals surface area contributed by atoms with E-state index in [9.17, 15) is 5.11 Å². The lowest BCUT2D eigenvalue weighted by molar-refractivity contribution is 0.211. The van der Waals surface area contributed by atoms with Crippen LogP contribution in [0, 0.1) is 5.41 Å². The van der Waals surface area contributed by atoms with Gasteiger partial charge in [-0.05, 0) is 67.0 Å². The molecule has 3 nitrogen and oxygen atoms in total. The van der Waals surface area contributed by atoms with Crippen LogP contribution >= 0.6 is 0 Å². The van der Waals surface area contributed by atoms with Crippen LogP contribution in [0.5, 0.6) is 5.75 Å². The maximum Gasteiger partial charge on any atom is 0.115 e. The van der Waals surface area contributed by atoms with Crippen LogP contribution in [0.15, 0.2) is 28.9 Å². The molecule has 0 fully saturated rings. The summed E-state index contributed by atoms with van der Waals surface area (Å²) in [6, 6.07) is 5.82. The molecule has 1 aromatic rings. The molecule has 0 saturated carbocycles. The van der Waals surface area contributed by atoms with E-state index in [0.717, 1.165) is 25.0 Å². The van der Waals surface area contributed by atoms with Crippen LogP contribution in [0.2, 0.25) is 0 Å². The molecule has 2 aliphatic rings. The van der Waals surface area contributed by atoms with Gasteiger partial charge in [0.15, 0.2) is 0 Å². The van der Waals surface area contributed by atoms with Crippen LogP contribution in [-0.2, 0) is 11.3 Å². The molecule has 22 heavy (non-hydrogen) atoms. The molecule has 0 spiro atoms. The van der Waals surface area contributed by atoms with Crippen molar-refractivity contribution < 1.29 is 9.94 Å². The molecule has 0 amide bonds. The van der Waals surface area contributed by atoms with Crippen LogP contribution < -0.4 is 0 Å². The molecule has 0 heterocycles. The highest BCUT2D eigenvalue weighted by Crippen LogP contribution is 2.56. The summed E-state index contributed by atoms with van der Waals surface area (Å²) in [5.41, 5.74) is 6.60. The highest BCUT2D eigenvalue weighted by Gasteiger charge is 2.45. The van der Waals surface area contributed by atoms with E-state index in [0.29, 0.717) is 5.75 Å². The Bertz CT molecular complexity index is 645. The van der Waals surface area contributed by atoms with Gasteiger partial charge in [-0.15, -0.1) is 0 Å². The zero-order valence-electron chi connectivity index (χ0n) is 13.8.